The molecule has 0 saturated heterocycles. The lowest BCUT2D eigenvalue weighted by Crippen LogP contribution is -2.06. The Labute approximate surface area is 169 Å². The van der Waals surface area contributed by atoms with Crippen LogP contribution >= 0.6 is 0 Å². The maximum atomic E-state index is 12.1. The lowest BCUT2D eigenvalue weighted by Gasteiger charge is -2.14. The van der Waals surface area contributed by atoms with Crippen LogP contribution in [0.2, 0.25) is 0 Å². The molecule has 0 radical (unpaired) electrons. The van der Waals surface area contributed by atoms with E-state index in [-0.39, 0.29) is 45.8 Å². The molecule has 0 saturated carbocycles. The first kappa shape index (κ1) is 20.0. The SMILES string of the molecule is COC(=O)c1cc([N+](=O)[O-])ccc1Oc1ccccc1-c1nc(N)nc(N)c1C#N. The molecule has 150 valence electrons. The number of nitro groups is 1. The molecule has 1 heterocycles. The van der Waals surface area contributed by atoms with Crippen molar-refractivity contribution in [3.63, 3.8) is 0 Å². The molecule has 3 rings (SSSR count). The van der Waals surface area contributed by atoms with E-state index >= 15 is 0 Å². The molecule has 2 aromatic carbocycles. The van der Waals surface area contributed by atoms with Gasteiger partial charge in [0, 0.05) is 17.7 Å². The lowest BCUT2D eigenvalue weighted by molar-refractivity contribution is -0.384. The normalized spacial score (nSPS) is 10.1. The van der Waals surface area contributed by atoms with Crippen molar-refractivity contribution < 1.29 is 19.2 Å². The Morgan fingerprint density at radius 2 is 1.90 bits per heavy atom. The monoisotopic (exact) mass is 406 g/mol. The second-order valence-electron chi connectivity index (χ2n) is 5.83. The number of nitrogen functional groups attached to an aromatic ring is 2. The number of nitriles is 1. The van der Waals surface area contributed by atoms with E-state index in [0.29, 0.717) is 5.56 Å². The summed E-state index contributed by atoms with van der Waals surface area (Å²) in [7, 11) is 1.14. The molecule has 0 bridgehead atoms. The average molecular weight is 406 g/mol. The number of benzene rings is 2. The molecule has 0 atom stereocenters. The molecule has 0 aliphatic rings. The molecular formula is C19H14N6O5. The van der Waals surface area contributed by atoms with E-state index in [2.05, 4.69) is 9.97 Å². The van der Waals surface area contributed by atoms with Gasteiger partial charge in [-0.05, 0) is 18.2 Å². The molecule has 0 spiro atoms. The van der Waals surface area contributed by atoms with Crippen LogP contribution in [0.15, 0.2) is 42.5 Å². The summed E-state index contributed by atoms with van der Waals surface area (Å²) < 4.78 is 10.6. The first-order chi connectivity index (χ1) is 14.3. The van der Waals surface area contributed by atoms with Crippen LogP contribution in [0, 0.1) is 21.4 Å². The third-order valence-electron chi connectivity index (χ3n) is 4.01. The summed E-state index contributed by atoms with van der Waals surface area (Å²) in [5.41, 5.74) is 11.5. The molecule has 0 aliphatic heterocycles. The fourth-order valence-corrected chi connectivity index (χ4v) is 2.66. The zero-order chi connectivity index (χ0) is 21.8. The van der Waals surface area contributed by atoms with Crippen molar-refractivity contribution in [3.8, 4) is 28.8 Å². The second-order valence-corrected chi connectivity index (χ2v) is 5.83. The minimum absolute atomic E-state index is 0.00265. The first-order valence-electron chi connectivity index (χ1n) is 8.32. The Kier molecular flexibility index (Phi) is 5.41. The number of carbonyl (C=O) groups is 1. The molecule has 11 nitrogen and oxygen atoms in total. The van der Waals surface area contributed by atoms with Crippen LogP contribution in [0.4, 0.5) is 17.5 Å². The molecule has 3 aromatic rings. The van der Waals surface area contributed by atoms with Gasteiger partial charge in [-0.1, -0.05) is 12.1 Å². The van der Waals surface area contributed by atoms with Crippen molar-refractivity contribution in [2.45, 2.75) is 0 Å². The Morgan fingerprint density at radius 1 is 1.17 bits per heavy atom. The summed E-state index contributed by atoms with van der Waals surface area (Å²) in [4.78, 5) is 30.4. The number of rotatable bonds is 5. The van der Waals surface area contributed by atoms with E-state index in [1.54, 1.807) is 24.3 Å². The smallest absolute Gasteiger partial charge is 0.341 e. The van der Waals surface area contributed by atoms with Gasteiger partial charge < -0.3 is 20.9 Å². The van der Waals surface area contributed by atoms with Gasteiger partial charge in [0.05, 0.1) is 17.7 Å². The van der Waals surface area contributed by atoms with Crippen molar-refractivity contribution in [3.05, 3.63) is 63.7 Å². The summed E-state index contributed by atoms with van der Waals surface area (Å²) in [5, 5.41) is 20.5. The number of nitro benzene ring substituents is 1. The van der Waals surface area contributed by atoms with Gasteiger partial charge >= 0.3 is 5.97 Å². The van der Waals surface area contributed by atoms with Crippen molar-refractivity contribution in [1.29, 1.82) is 5.26 Å². The van der Waals surface area contributed by atoms with Crippen LogP contribution in [0.1, 0.15) is 15.9 Å². The Bertz CT molecular complexity index is 1200. The molecule has 0 fully saturated rings. The topological polar surface area (TPSA) is 180 Å². The van der Waals surface area contributed by atoms with Gasteiger partial charge in [-0.2, -0.15) is 10.2 Å². The maximum Gasteiger partial charge on any atom is 0.341 e. The number of para-hydroxylation sites is 1. The van der Waals surface area contributed by atoms with E-state index in [9.17, 15) is 20.2 Å². The lowest BCUT2D eigenvalue weighted by atomic mass is 10.1. The van der Waals surface area contributed by atoms with Gasteiger partial charge in [-0.3, -0.25) is 10.1 Å². The fourth-order valence-electron chi connectivity index (χ4n) is 2.66. The number of hydrogen-bond donors (Lipinski definition) is 2. The number of carbonyl (C=O) groups excluding carboxylic acids is 1. The van der Waals surface area contributed by atoms with Crippen molar-refractivity contribution >= 4 is 23.4 Å². The van der Waals surface area contributed by atoms with E-state index in [4.69, 9.17) is 20.9 Å². The Hall–Kier alpha value is -4.72. The number of nitrogens with zero attached hydrogens (tertiary/aromatic N) is 4. The van der Waals surface area contributed by atoms with Gasteiger partial charge in [-0.15, -0.1) is 0 Å². The minimum atomic E-state index is -0.820. The van der Waals surface area contributed by atoms with Crippen molar-refractivity contribution in [2.24, 2.45) is 0 Å². The van der Waals surface area contributed by atoms with Crippen LogP contribution in [-0.4, -0.2) is 28.0 Å². The third-order valence-corrected chi connectivity index (χ3v) is 4.01. The summed E-state index contributed by atoms with van der Waals surface area (Å²) in [6.45, 7) is 0. The molecule has 0 unspecified atom stereocenters. The largest absolute Gasteiger partial charge is 0.465 e. The highest BCUT2D eigenvalue weighted by molar-refractivity contribution is 5.93. The van der Waals surface area contributed by atoms with Crippen molar-refractivity contribution in [1.82, 2.24) is 9.97 Å². The summed E-state index contributed by atoms with van der Waals surface area (Å²) >= 11 is 0. The highest BCUT2D eigenvalue weighted by atomic mass is 16.6. The molecule has 11 heteroatoms. The predicted molar refractivity (Wildman–Crippen MR) is 106 cm³/mol. The quantitative estimate of drug-likeness (QED) is 0.363. The number of esters is 1. The van der Waals surface area contributed by atoms with E-state index in [1.807, 2.05) is 6.07 Å². The second kappa shape index (κ2) is 8.11. The van der Waals surface area contributed by atoms with Gasteiger partial charge in [0.1, 0.15) is 34.5 Å². The van der Waals surface area contributed by atoms with Crippen LogP contribution < -0.4 is 16.2 Å². The number of ether oxygens (including phenoxy) is 2. The molecule has 0 aliphatic carbocycles. The highest BCUT2D eigenvalue weighted by Gasteiger charge is 2.21. The average Bonchev–Trinajstić information content (AvgIpc) is 2.73. The van der Waals surface area contributed by atoms with Gasteiger partial charge in [0.15, 0.2) is 0 Å². The standard InChI is InChI=1S/C19H14N6O5/c1-29-18(26)12-8-10(25(27)28)6-7-15(12)30-14-5-3-2-4-11(14)16-13(9-20)17(21)24-19(22)23-16/h2-8H,1H3,(H4,21,22,23,24). The van der Waals surface area contributed by atoms with E-state index in [0.717, 1.165) is 13.2 Å². The number of hydrogen-bond acceptors (Lipinski definition) is 10. The van der Waals surface area contributed by atoms with Crippen LogP contribution in [0.5, 0.6) is 11.5 Å². The van der Waals surface area contributed by atoms with Crippen LogP contribution in [0.25, 0.3) is 11.3 Å². The predicted octanol–water partition coefficient (Wildman–Crippen LogP) is 2.67. The fraction of sp³-hybridized carbons (Fsp3) is 0.0526. The van der Waals surface area contributed by atoms with Gasteiger partial charge in [0.25, 0.3) is 5.69 Å². The summed E-state index contributed by atoms with van der Waals surface area (Å²) in [6, 6.07) is 11.9. The number of anilines is 2. The molecule has 1 aromatic heterocycles. The summed E-state index contributed by atoms with van der Waals surface area (Å²) in [5.74, 6) is -0.847. The van der Waals surface area contributed by atoms with E-state index in [1.165, 1.54) is 12.1 Å². The van der Waals surface area contributed by atoms with Gasteiger partial charge in [-0.25, -0.2) is 9.78 Å². The zero-order valence-corrected chi connectivity index (χ0v) is 15.5. The molecule has 4 N–H and O–H groups in total. The molecule has 0 amide bonds. The van der Waals surface area contributed by atoms with Crippen LogP contribution in [-0.2, 0) is 4.74 Å². The summed E-state index contributed by atoms with van der Waals surface area (Å²) in [6.07, 6.45) is 0. The first-order valence-corrected chi connectivity index (χ1v) is 8.32. The van der Waals surface area contributed by atoms with Gasteiger partial charge in [0.2, 0.25) is 5.95 Å². The maximum absolute atomic E-state index is 12.1. The third kappa shape index (κ3) is 3.78. The number of methoxy groups -OCH3 is 1. The highest BCUT2D eigenvalue weighted by Crippen LogP contribution is 2.37. The number of nitrogens with two attached hydrogens (primary N) is 2. The number of aromatic nitrogens is 2. The van der Waals surface area contributed by atoms with Crippen LogP contribution in [0.3, 0.4) is 0 Å². The minimum Gasteiger partial charge on any atom is -0.465 e. The molecular weight excluding hydrogens is 392 g/mol. The number of non-ortho nitro benzene ring substituents is 1. The Balaban J connectivity index is 2.15. The molecule has 30 heavy (non-hydrogen) atoms. The Morgan fingerprint density at radius 3 is 2.57 bits per heavy atom. The zero-order valence-electron chi connectivity index (χ0n) is 15.5. The van der Waals surface area contributed by atoms with E-state index < -0.39 is 10.9 Å². The van der Waals surface area contributed by atoms with Crippen molar-refractivity contribution in [2.75, 3.05) is 18.6 Å².